The second kappa shape index (κ2) is 8.18. The molecular weight excluding hydrogens is 414 g/mol. The predicted molar refractivity (Wildman–Crippen MR) is 115 cm³/mol. The molecule has 0 spiro atoms. The third-order valence-electron chi connectivity index (χ3n) is 5.02. The van der Waals surface area contributed by atoms with Gasteiger partial charge in [-0.3, -0.25) is 9.09 Å². The molecule has 2 aliphatic rings. The number of rotatable bonds is 4. The summed E-state index contributed by atoms with van der Waals surface area (Å²) in [6.45, 7) is 2.17. The summed E-state index contributed by atoms with van der Waals surface area (Å²) in [5.41, 5.74) is 4.05. The topological polar surface area (TPSA) is 35.5 Å². The van der Waals surface area contributed by atoms with Crippen molar-refractivity contribution in [1.82, 2.24) is 0 Å². The standard InChI is InChI=1S/C22H21Cl2O3P/c1-2-26-28(25)22-17(14-15-6-10-18(23)11-7-15)4-3-5-20(22)21(27-28)16-8-12-19(24)13-9-16/h6-14,21H,2-5H2,1H3/b17-14+. The Kier molecular flexibility index (Phi) is 5.83. The summed E-state index contributed by atoms with van der Waals surface area (Å²) < 4.78 is 25.5. The van der Waals surface area contributed by atoms with E-state index in [1.807, 2.05) is 55.5 Å². The first-order valence-corrected chi connectivity index (χ1v) is 11.7. The van der Waals surface area contributed by atoms with Gasteiger partial charge in [-0.1, -0.05) is 53.5 Å². The minimum atomic E-state index is -3.39. The number of halogens is 2. The molecule has 146 valence electrons. The van der Waals surface area contributed by atoms with Crippen molar-refractivity contribution in [3.8, 4) is 0 Å². The Bertz CT molecular complexity index is 978. The summed E-state index contributed by atoms with van der Waals surface area (Å²) in [4.78, 5) is 0. The Morgan fingerprint density at radius 1 is 1.07 bits per heavy atom. The molecule has 0 fully saturated rings. The number of allylic oxidation sites excluding steroid dienone is 2. The Labute approximate surface area is 175 Å². The van der Waals surface area contributed by atoms with Crippen molar-refractivity contribution in [3.63, 3.8) is 0 Å². The number of hydrogen-bond acceptors (Lipinski definition) is 3. The van der Waals surface area contributed by atoms with E-state index in [1.165, 1.54) is 0 Å². The van der Waals surface area contributed by atoms with Crippen LogP contribution in [0.5, 0.6) is 0 Å². The minimum absolute atomic E-state index is 0.329. The lowest BCUT2D eigenvalue weighted by Gasteiger charge is -2.21. The summed E-state index contributed by atoms with van der Waals surface area (Å²) in [7, 11) is -3.39. The fourth-order valence-electron chi connectivity index (χ4n) is 3.84. The van der Waals surface area contributed by atoms with E-state index in [0.717, 1.165) is 46.8 Å². The highest BCUT2D eigenvalue weighted by molar-refractivity contribution is 7.59. The van der Waals surface area contributed by atoms with Crippen LogP contribution in [-0.2, 0) is 13.6 Å². The molecule has 1 aliphatic heterocycles. The summed E-state index contributed by atoms with van der Waals surface area (Å²) in [6.07, 6.45) is 4.38. The normalized spacial score (nSPS) is 26.0. The highest BCUT2D eigenvalue weighted by Crippen LogP contribution is 2.71. The van der Waals surface area contributed by atoms with Crippen molar-refractivity contribution >= 4 is 36.9 Å². The van der Waals surface area contributed by atoms with E-state index in [1.54, 1.807) is 0 Å². The molecule has 2 aromatic rings. The second-order valence-corrected chi connectivity index (χ2v) is 9.68. The SMILES string of the molecule is CCOP1(=O)OC(c2ccc(Cl)cc2)C2=C1/C(=C/c1ccc(Cl)cc1)CCC2. The van der Waals surface area contributed by atoms with Gasteiger partial charge in [-0.05, 0) is 72.7 Å². The molecule has 4 rings (SSSR count). The van der Waals surface area contributed by atoms with Crippen LogP contribution in [0.4, 0.5) is 0 Å². The lowest BCUT2D eigenvalue weighted by molar-refractivity contribution is 0.190. The zero-order chi connectivity index (χ0) is 19.7. The molecular formula is C22H21Cl2O3P. The maximum absolute atomic E-state index is 13.7. The zero-order valence-corrected chi connectivity index (χ0v) is 17.9. The molecule has 6 heteroatoms. The van der Waals surface area contributed by atoms with Crippen LogP contribution in [0.1, 0.15) is 43.4 Å². The lowest BCUT2D eigenvalue weighted by Crippen LogP contribution is -2.04. The van der Waals surface area contributed by atoms with Crippen molar-refractivity contribution in [3.05, 3.63) is 86.2 Å². The van der Waals surface area contributed by atoms with E-state index in [2.05, 4.69) is 6.08 Å². The fraction of sp³-hybridized carbons (Fsp3) is 0.273. The van der Waals surface area contributed by atoms with Gasteiger partial charge in [-0.15, -0.1) is 0 Å². The van der Waals surface area contributed by atoms with Gasteiger partial charge in [0.15, 0.2) is 0 Å². The van der Waals surface area contributed by atoms with E-state index >= 15 is 0 Å². The molecule has 1 aliphatic carbocycles. The van der Waals surface area contributed by atoms with Crippen molar-refractivity contribution in [1.29, 1.82) is 0 Å². The van der Waals surface area contributed by atoms with E-state index in [9.17, 15) is 4.57 Å². The number of benzene rings is 2. The third-order valence-corrected chi connectivity index (χ3v) is 7.73. The molecule has 0 aromatic heterocycles. The minimum Gasteiger partial charge on any atom is -0.305 e. The molecule has 0 amide bonds. The first-order valence-electron chi connectivity index (χ1n) is 9.39. The van der Waals surface area contributed by atoms with Gasteiger partial charge >= 0.3 is 7.60 Å². The van der Waals surface area contributed by atoms with Gasteiger partial charge in [-0.25, -0.2) is 0 Å². The Balaban J connectivity index is 1.81. The van der Waals surface area contributed by atoms with Gasteiger partial charge in [-0.2, -0.15) is 0 Å². The summed E-state index contributed by atoms with van der Waals surface area (Å²) in [5.74, 6) is 0. The van der Waals surface area contributed by atoms with Crippen molar-refractivity contribution in [2.24, 2.45) is 0 Å². The van der Waals surface area contributed by atoms with Crippen LogP contribution < -0.4 is 0 Å². The van der Waals surface area contributed by atoms with Crippen LogP contribution in [0, 0.1) is 0 Å². The van der Waals surface area contributed by atoms with E-state index in [-0.39, 0.29) is 6.10 Å². The predicted octanol–water partition coefficient (Wildman–Crippen LogP) is 7.82. The quantitative estimate of drug-likeness (QED) is 0.460. The second-order valence-electron chi connectivity index (χ2n) is 6.90. The molecule has 0 bridgehead atoms. The molecule has 2 aromatic carbocycles. The monoisotopic (exact) mass is 434 g/mol. The lowest BCUT2D eigenvalue weighted by atomic mass is 9.88. The molecule has 28 heavy (non-hydrogen) atoms. The van der Waals surface area contributed by atoms with Gasteiger partial charge in [0.05, 0.1) is 11.9 Å². The molecule has 0 saturated heterocycles. The largest absolute Gasteiger partial charge is 0.362 e. The zero-order valence-electron chi connectivity index (χ0n) is 15.5. The number of hydrogen-bond donors (Lipinski definition) is 0. The molecule has 2 unspecified atom stereocenters. The highest BCUT2D eigenvalue weighted by Gasteiger charge is 2.47. The Morgan fingerprint density at radius 2 is 1.71 bits per heavy atom. The Hall–Kier alpha value is -1.35. The summed E-state index contributed by atoms with van der Waals surface area (Å²) in [6, 6.07) is 15.2. The summed E-state index contributed by atoms with van der Waals surface area (Å²) in [5, 5.41) is 2.11. The average Bonchev–Trinajstić information content (AvgIpc) is 2.98. The van der Waals surface area contributed by atoms with Crippen LogP contribution in [0.25, 0.3) is 6.08 Å². The van der Waals surface area contributed by atoms with E-state index in [0.29, 0.717) is 16.7 Å². The van der Waals surface area contributed by atoms with Crippen LogP contribution >= 0.6 is 30.8 Å². The van der Waals surface area contributed by atoms with Crippen LogP contribution in [0.15, 0.2) is 65.0 Å². The average molecular weight is 435 g/mol. The molecule has 1 heterocycles. The van der Waals surface area contributed by atoms with Gasteiger partial charge in [0.2, 0.25) is 0 Å². The van der Waals surface area contributed by atoms with E-state index in [4.69, 9.17) is 32.2 Å². The smallest absolute Gasteiger partial charge is 0.305 e. The molecule has 0 saturated carbocycles. The third kappa shape index (κ3) is 3.87. The van der Waals surface area contributed by atoms with Crippen LogP contribution in [-0.4, -0.2) is 6.61 Å². The highest BCUT2D eigenvalue weighted by atomic mass is 35.5. The van der Waals surface area contributed by atoms with Gasteiger partial charge < -0.3 is 4.52 Å². The van der Waals surface area contributed by atoms with Gasteiger partial charge in [0.25, 0.3) is 0 Å². The van der Waals surface area contributed by atoms with E-state index < -0.39 is 7.60 Å². The van der Waals surface area contributed by atoms with Gasteiger partial charge in [0, 0.05) is 10.0 Å². The summed E-state index contributed by atoms with van der Waals surface area (Å²) >= 11 is 12.0. The maximum atomic E-state index is 13.7. The van der Waals surface area contributed by atoms with Crippen molar-refractivity contribution in [2.45, 2.75) is 32.3 Å². The fourth-order valence-corrected chi connectivity index (χ4v) is 6.36. The van der Waals surface area contributed by atoms with Crippen LogP contribution in [0.3, 0.4) is 0 Å². The van der Waals surface area contributed by atoms with Crippen molar-refractivity contribution in [2.75, 3.05) is 6.61 Å². The Morgan fingerprint density at radius 3 is 2.36 bits per heavy atom. The van der Waals surface area contributed by atoms with Crippen molar-refractivity contribution < 1.29 is 13.6 Å². The maximum Gasteiger partial charge on any atom is 0.362 e. The van der Waals surface area contributed by atoms with Crippen LogP contribution in [0.2, 0.25) is 10.0 Å². The molecule has 0 N–H and O–H groups in total. The molecule has 3 nitrogen and oxygen atoms in total. The molecule has 2 atom stereocenters. The first-order chi connectivity index (χ1) is 13.5. The molecule has 0 radical (unpaired) electrons. The first kappa shape index (κ1) is 19.9. The van der Waals surface area contributed by atoms with Gasteiger partial charge in [0.1, 0.15) is 6.10 Å².